The summed E-state index contributed by atoms with van der Waals surface area (Å²) >= 11 is 1.71. The van der Waals surface area contributed by atoms with E-state index in [1.54, 1.807) is 11.8 Å². The lowest BCUT2D eigenvalue weighted by molar-refractivity contribution is 0.347. The molecule has 8 heteroatoms. The second kappa shape index (κ2) is 5.58. The average molecular weight is 291 g/mol. The van der Waals surface area contributed by atoms with E-state index >= 15 is 0 Å². The van der Waals surface area contributed by atoms with Crippen molar-refractivity contribution >= 4 is 21.6 Å². The molecule has 1 fully saturated rings. The van der Waals surface area contributed by atoms with Crippen molar-refractivity contribution in [3.05, 3.63) is 11.7 Å². The number of hydrogen-bond donors (Lipinski definition) is 1. The van der Waals surface area contributed by atoms with Gasteiger partial charge in [0.25, 0.3) is 0 Å². The van der Waals surface area contributed by atoms with Crippen LogP contribution in [0.25, 0.3) is 0 Å². The van der Waals surface area contributed by atoms with Crippen molar-refractivity contribution in [1.29, 1.82) is 0 Å². The van der Waals surface area contributed by atoms with Crippen molar-refractivity contribution in [1.82, 2.24) is 10.1 Å². The fourth-order valence-electron chi connectivity index (χ4n) is 1.93. The molecule has 1 aliphatic heterocycles. The summed E-state index contributed by atoms with van der Waals surface area (Å²) in [5.41, 5.74) is 5.92. The molecule has 2 rings (SSSR count). The Kier molecular flexibility index (Phi) is 4.29. The van der Waals surface area contributed by atoms with Crippen molar-refractivity contribution < 1.29 is 12.9 Å². The van der Waals surface area contributed by atoms with Crippen LogP contribution < -0.4 is 5.73 Å². The summed E-state index contributed by atoms with van der Waals surface area (Å²) in [7, 11) is -2.93. The summed E-state index contributed by atoms with van der Waals surface area (Å²) in [4.78, 5) is 4.23. The number of nitrogens with two attached hydrogens (primary N) is 1. The fourth-order valence-corrected chi connectivity index (χ4v) is 4.16. The summed E-state index contributed by atoms with van der Waals surface area (Å²) in [6.45, 7) is 0. The first-order valence-corrected chi connectivity index (χ1v) is 9.02. The van der Waals surface area contributed by atoms with Crippen molar-refractivity contribution in [2.45, 2.75) is 24.8 Å². The average Bonchev–Trinajstić information content (AvgIpc) is 2.92. The predicted molar refractivity (Wildman–Crippen MR) is 70.2 cm³/mol. The molecule has 2 atom stereocenters. The van der Waals surface area contributed by atoms with Crippen LogP contribution in [0.15, 0.2) is 4.52 Å². The summed E-state index contributed by atoms with van der Waals surface area (Å²) < 4.78 is 27.9. The maximum Gasteiger partial charge on any atom is 0.243 e. The van der Waals surface area contributed by atoms with Crippen LogP contribution >= 0.6 is 11.8 Å². The highest BCUT2D eigenvalue weighted by Crippen LogP contribution is 2.27. The van der Waals surface area contributed by atoms with E-state index < -0.39 is 9.84 Å². The molecule has 0 radical (unpaired) electrons. The van der Waals surface area contributed by atoms with Gasteiger partial charge in [0, 0.05) is 5.92 Å². The molecular weight excluding hydrogens is 274 g/mol. The molecule has 0 aromatic carbocycles. The maximum atomic E-state index is 11.4. The van der Waals surface area contributed by atoms with Gasteiger partial charge in [-0.25, -0.2) is 8.42 Å². The lowest BCUT2D eigenvalue weighted by Crippen LogP contribution is -2.12. The zero-order valence-electron chi connectivity index (χ0n) is 10.2. The van der Waals surface area contributed by atoms with E-state index in [0.29, 0.717) is 18.1 Å². The molecule has 1 aromatic heterocycles. The highest BCUT2D eigenvalue weighted by molar-refractivity contribution is 7.98. The Hall–Kier alpha value is -0.600. The van der Waals surface area contributed by atoms with Crippen LogP contribution in [0.4, 0.5) is 0 Å². The Morgan fingerprint density at radius 1 is 1.61 bits per heavy atom. The van der Waals surface area contributed by atoms with Gasteiger partial charge in [0.2, 0.25) is 5.89 Å². The molecule has 1 aliphatic rings. The molecule has 102 valence electrons. The summed E-state index contributed by atoms with van der Waals surface area (Å²) in [6.07, 6.45) is 3.35. The normalized spacial score (nSPS) is 24.2. The third-order valence-corrected chi connectivity index (χ3v) is 5.42. The first-order valence-electron chi connectivity index (χ1n) is 5.80. The minimum Gasteiger partial charge on any atom is -0.338 e. The lowest BCUT2D eigenvalue weighted by Gasteiger charge is -2.04. The summed E-state index contributed by atoms with van der Waals surface area (Å²) in [5, 5.41) is 3.86. The quantitative estimate of drug-likeness (QED) is 0.853. The van der Waals surface area contributed by atoms with Gasteiger partial charge in [-0.15, -0.1) is 0 Å². The van der Waals surface area contributed by atoms with Gasteiger partial charge in [-0.3, -0.25) is 0 Å². The topological polar surface area (TPSA) is 99.1 Å². The predicted octanol–water partition coefficient (Wildman–Crippen LogP) is 0.725. The Bertz CT molecular complexity index is 500. The maximum absolute atomic E-state index is 11.4. The largest absolute Gasteiger partial charge is 0.338 e. The first-order chi connectivity index (χ1) is 8.52. The van der Waals surface area contributed by atoms with E-state index in [1.165, 1.54) is 0 Å². The molecule has 0 spiro atoms. The zero-order chi connectivity index (χ0) is 13.2. The molecule has 2 N–H and O–H groups in total. The van der Waals surface area contributed by atoms with Crippen LogP contribution in [0.2, 0.25) is 0 Å². The Morgan fingerprint density at radius 3 is 3.00 bits per heavy atom. The van der Waals surface area contributed by atoms with E-state index in [9.17, 15) is 8.42 Å². The van der Waals surface area contributed by atoms with Gasteiger partial charge in [-0.2, -0.15) is 16.7 Å². The number of aromatic nitrogens is 2. The van der Waals surface area contributed by atoms with Crippen LogP contribution in [0.3, 0.4) is 0 Å². The molecule has 0 amide bonds. The Balaban J connectivity index is 2.02. The first kappa shape index (κ1) is 13.8. The lowest BCUT2D eigenvalue weighted by atomic mass is 10.1. The monoisotopic (exact) mass is 291 g/mol. The molecule has 1 saturated heterocycles. The van der Waals surface area contributed by atoms with Gasteiger partial charge in [0.15, 0.2) is 15.7 Å². The van der Waals surface area contributed by atoms with E-state index in [0.717, 1.165) is 12.2 Å². The highest BCUT2D eigenvalue weighted by Gasteiger charge is 2.32. The third kappa shape index (κ3) is 3.24. The van der Waals surface area contributed by atoms with Crippen LogP contribution in [0.1, 0.15) is 36.5 Å². The van der Waals surface area contributed by atoms with Crippen LogP contribution in [0, 0.1) is 0 Å². The number of sulfone groups is 1. The number of thioether (sulfide) groups is 1. The van der Waals surface area contributed by atoms with Crippen molar-refractivity contribution in [2.24, 2.45) is 5.73 Å². The second-order valence-electron chi connectivity index (χ2n) is 4.48. The van der Waals surface area contributed by atoms with Crippen molar-refractivity contribution in [3.8, 4) is 0 Å². The van der Waals surface area contributed by atoms with Gasteiger partial charge in [-0.1, -0.05) is 5.16 Å². The SMILES string of the molecule is CSCCC(N)c1nc(C2CCS(=O)(=O)C2)no1. The molecule has 0 aliphatic carbocycles. The van der Waals surface area contributed by atoms with Gasteiger partial charge in [0.05, 0.1) is 17.5 Å². The third-order valence-electron chi connectivity index (χ3n) is 3.01. The van der Waals surface area contributed by atoms with Gasteiger partial charge in [-0.05, 0) is 24.9 Å². The number of hydrogen-bond acceptors (Lipinski definition) is 7. The van der Waals surface area contributed by atoms with Crippen LogP contribution in [-0.2, 0) is 9.84 Å². The molecule has 0 saturated carbocycles. The van der Waals surface area contributed by atoms with Crippen molar-refractivity contribution in [3.63, 3.8) is 0 Å². The van der Waals surface area contributed by atoms with E-state index in [1.807, 2.05) is 6.26 Å². The molecule has 18 heavy (non-hydrogen) atoms. The standard InChI is InChI=1S/C10H17N3O3S2/c1-17-4-2-8(11)10-12-9(13-16-10)7-3-5-18(14,15)6-7/h7-8H,2-6,11H2,1H3. The number of nitrogens with zero attached hydrogens (tertiary/aromatic N) is 2. The van der Waals surface area contributed by atoms with Crippen LogP contribution in [-0.4, -0.2) is 42.1 Å². The van der Waals surface area contributed by atoms with Crippen LogP contribution in [0.5, 0.6) is 0 Å². The zero-order valence-corrected chi connectivity index (χ0v) is 11.8. The molecule has 2 heterocycles. The Labute approximate surface area is 111 Å². The second-order valence-corrected chi connectivity index (χ2v) is 7.69. The van der Waals surface area contributed by atoms with Crippen molar-refractivity contribution in [2.75, 3.05) is 23.5 Å². The fraction of sp³-hybridized carbons (Fsp3) is 0.800. The summed E-state index contributed by atoms with van der Waals surface area (Å²) in [5.74, 6) is 2.00. The van der Waals surface area contributed by atoms with E-state index in [-0.39, 0.29) is 23.5 Å². The minimum absolute atomic E-state index is 0.117. The molecule has 2 unspecified atom stereocenters. The molecule has 1 aromatic rings. The van der Waals surface area contributed by atoms with Gasteiger partial charge in [0.1, 0.15) is 0 Å². The van der Waals surface area contributed by atoms with Gasteiger partial charge >= 0.3 is 0 Å². The Morgan fingerprint density at radius 2 is 2.39 bits per heavy atom. The number of rotatable bonds is 5. The smallest absolute Gasteiger partial charge is 0.243 e. The summed E-state index contributed by atoms with van der Waals surface area (Å²) in [6, 6.07) is -0.267. The van der Waals surface area contributed by atoms with E-state index in [4.69, 9.17) is 10.3 Å². The minimum atomic E-state index is -2.93. The highest BCUT2D eigenvalue weighted by atomic mass is 32.2. The van der Waals surface area contributed by atoms with E-state index in [2.05, 4.69) is 10.1 Å². The molecular formula is C10H17N3O3S2. The molecule has 0 bridgehead atoms. The van der Waals surface area contributed by atoms with Gasteiger partial charge < -0.3 is 10.3 Å². The molecule has 6 nitrogen and oxygen atoms in total.